The SMILES string of the molecule is CCCC[C@H](NC(=O)c1cnc(-c2ccccc2)nc1C)C(=O)O. The molecule has 0 aliphatic heterocycles. The fourth-order valence-corrected chi connectivity index (χ4v) is 2.32. The van der Waals surface area contributed by atoms with Crippen LogP contribution in [0.15, 0.2) is 36.5 Å². The molecule has 2 rings (SSSR count). The van der Waals surface area contributed by atoms with Crippen LogP contribution in [-0.4, -0.2) is 33.0 Å². The molecule has 1 aromatic carbocycles. The zero-order valence-corrected chi connectivity index (χ0v) is 13.8. The Kier molecular flexibility index (Phi) is 6.01. The van der Waals surface area contributed by atoms with Crippen molar-refractivity contribution >= 4 is 11.9 Å². The number of aryl methyl sites for hydroxylation is 1. The first-order valence-electron chi connectivity index (χ1n) is 7.95. The lowest BCUT2D eigenvalue weighted by atomic mass is 10.1. The molecule has 0 aliphatic carbocycles. The van der Waals surface area contributed by atoms with Gasteiger partial charge in [-0.05, 0) is 13.3 Å². The van der Waals surface area contributed by atoms with Crippen molar-refractivity contribution in [2.75, 3.05) is 0 Å². The van der Waals surface area contributed by atoms with Gasteiger partial charge in [-0.25, -0.2) is 14.8 Å². The normalized spacial score (nSPS) is 11.8. The maximum atomic E-state index is 12.3. The number of benzene rings is 1. The Hall–Kier alpha value is -2.76. The summed E-state index contributed by atoms with van der Waals surface area (Å²) in [7, 11) is 0. The van der Waals surface area contributed by atoms with E-state index in [0.29, 0.717) is 17.9 Å². The van der Waals surface area contributed by atoms with Crippen LogP contribution in [0.4, 0.5) is 0 Å². The van der Waals surface area contributed by atoms with E-state index in [0.717, 1.165) is 18.4 Å². The van der Waals surface area contributed by atoms with Crippen LogP contribution in [0.3, 0.4) is 0 Å². The number of nitrogens with zero attached hydrogens (tertiary/aromatic N) is 2. The molecule has 0 fully saturated rings. The minimum atomic E-state index is -1.03. The van der Waals surface area contributed by atoms with Crippen LogP contribution in [0.5, 0.6) is 0 Å². The average Bonchev–Trinajstić information content (AvgIpc) is 2.58. The number of aliphatic carboxylic acids is 1. The number of aromatic nitrogens is 2. The van der Waals surface area contributed by atoms with Crippen molar-refractivity contribution in [1.82, 2.24) is 15.3 Å². The molecule has 0 saturated heterocycles. The third-order valence-electron chi connectivity index (χ3n) is 3.71. The summed E-state index contributed by atoms with van der Waals surface area (Å²) in [5.74, 6) is -0.961. The first-order valence-corrected chi connectivity index (χ1v) is 7.95. The molecule has 1 atom stereocenters. The molecule has 0 spiro atoms. The summed E-state index contributed by atoms with van der Waals surface area (Å²) in [5.41, 5.74) is 1.66. The second-order valence-corrected chi connectivity index (χ2v) is 5.57. The van der Waals surface area contributed by atoms with E-state index in [9.17, 15) is 14.7 Å². The largest absolute Gasteiger partial charge is 0.480 e. The fourth-order valence-electron chi connectivity index (χ4n) is 2.32. The molecular formula is C18H21N3O3. The van der Waals surface area contributed by atoms with Gasteiger partial charge in [-0.3, -0.25) is 4.79 Å². The summed E-state index contributed by atoms with van der Waals surface area (Å²) in [6, 6.07) is 8.56. The van der Waals surface area contributed by atoms with Crippen LogP contribution in [0.25, 0.3) is 11.4 Å². The van der Waals surface area contributed by atoms with Gasteiger partial charge in [0.1, 0.15) is 6.04 Å². The molecule has 0 aliphatic rings. The summed E-state index contributed by atoms with van der Waals surface area (Å²) in [5, 5.41) is 11.8. The van der Waals surface area contributed by atoms with E-state index >= 15 is 0 Å². The number of hydrogen-bond donors (Lipinski definition) is 2. The van der Waals surface area contributed by atoms with Crippen molar-refractivity contribution in [3.63, 3.8) is 0 Å². The highest BCUT2D eigenvalue weighted by Crippen LogP contribution is 2.16. The summed E-state index contributed by atoms with van der Waals surface area (Å²) in [4.78, 5) is 32.2. The lowest BCUT2D eigenvalue weighted by Gasteiger charge is -2.15. The molecule has 0 radical (unpaired) electrons. The summed E-state index contributed by atoms with van der Waals surface area (Å²) >= 11 is 0. The van der Waals surface area contributed by atoms with Crippen molar-refractivity contribution in [2.24, 2.45) is 0 Å². The van der Waals surface area contributed by atoms with E-state index in [1.807, 2.05) is 37.3 Å². The third kappa shape index (κ3) is 4.38. The van der Waals surface area contributed by atoms with E-state index in [1.54, 1.807) is 6.92 Å². The van der Waals surface area contributed by atoms with Crippen LogP contribution < -0.4 is 5.32 Å². The minimum Gasteiger partial charge on any atom is -0.480 e. The van der Waals surface area contributed by atoms with Crippen LogP contribution >= 0.6 is 0 Å². The summed E-state index contributed by atoms with van der Waals surface area (Å²) in [6.07, 6.45) is 3.45. The van der Waals surface area contributed by atoms with Gasteiger partial charge in [0.15, 0.2) is 5.82 Å². The second-order valence-electron chi connectivity index (χ2n) is 5.57. The molecule has 1 heterocycles. The van der Waals surface area contributed by atoms with Gasteiger partial charge in [-0.15, -0.1) is 0 Å². The lowest BCUT2D eigenvalue weighted by molar-refractivity contribution is -0.139. The van der Waals surface area contributed by atoms with Crippen LogP contribution in [0.2, 0.25) is 0 Å². The minimum absolute atomic E-state index is 0.289. The number of carboxylic acids is 1. The number of carboxylic acid groups (broad SMARTS) is 1. The van der Waals surface area contributed by atoms with E-state index in [1.165, 1.54) is 6.20 Å². The monoisotopic (exact) mass is 327 g/mol. The highest BCUT2D eigenvalue weighted by atomic mass is 16.4. The van der Waals surface area contributed by atoms with Crippen molar-refractivity contribution in [1.29, 1.82) is 0 Å². The van der Waals surface area contributed by atoms with E-state index in [-0.39, 0.29) is 5.56 Å². The van der Waals surface area contributed by atoms with Gasteiger partial charge < -0.3 is 10.4 Å². The zero-order chi connectivity index (χ0) is 17.5. The number of carbonyl (C=O) groups excluding carboxylic acids is 1. The molecule has 0 unspecified atom stereocenters. The molecular weight excluding hydrogens is 306 g/mol. The van der Waals surface area contributed by atoms with Gasteiger partial charge >= 0.3 is 5.97 Å². The number of unbranched alkanes of at least 4 members (excludes halogenated alkanes) is 1. The predicted molar refractivity (Wildman–Crippen MR) is 90.6 cm³/mol. The molecule has 6 heteroatoms. The van der Waals surface area contributed by atoms with Gasteiger partial charge in [0.25, 0.3) is 5.91 Å². The van der Waals surface area contributed by atoms with Crippen LogP contribution in [0.1, 0.15) is 42.2 Å². The van der Waals surface area contributed by atoms with Gasteiger partial charge in [-0.2, -0.15) is 0 Å². The van der Waals surface area contributed by atoms with Crippen molar-refractivity contribution in [2.45, 2.75) is 39.2 Å². The first-order chi connectivity index (χ1) is 11.5. The highest BCUT2D eigenvalue weighted by Gasteiger charge is 2.21. The average molecular weight is 327 g/mol. The Balaban J connectivity index is 2.16. The number of amides is 1. The topological polar surface area (TPSA) is 92.2 Å². The molecule has 2 N–H and O–H groups in total. The number of nitrogens with one attached hydrogen (secondary N) is 1. The lowest BCUT2D eigenvalue weighted by Crippen LogP contribution is -2.41. The van der Waals surface area contributed by atoms with Crippen LogP contribution in [-0.2, 0) is 4.79 Å². The number of rotatable bonds is 7. The summed E-state index contributed by atoms with van der Waals surface area (Å²) in [6.45, 7) is 3.69. The van der Waals surface area contributed by atoms with Crippen molar-refractivity contribution in [3.8, 4) is 11.4 Å². The van der Waals surface area contributed by atoms with Gasteiger partial charge in [0, 0.05) is 11.8 Å². The number of carbonyl (C=O) groups is 2. The van der Waals surface area contributed by atoms with E-state index in [4.69, 9.17) is 0 Å². The molecule has 2 aromatic rings. The van der Waals surface area contributed by atoms with Gasteiger partial charge in [-0.1, -0.05) is 50.1 Å². The maximum absolute atomic E-state index is 12.3. The standard InChI is InChI=1S/C18H21N3O3/c1-3-4-10-15(18(23)24)21-17(22)14-11-19-16(20-12(14)2)13-8-6-5-7-9-13/h5-9,11,15H,3-4,10H2,1-2H3,(H,21,22)(H,23,24)/t15-/m0/s1. The Bertz CT molecular complexity index is 717. The summed E-state index contributed by atoms with van der Waals surface area (Å²) < 4.78 is 0. The Morgan fingerprint density at radius 3 is 2.54 bits per heavy atom. The zero-order valence-electron chi connectivity index (χ0n) is 13.8. The van der Waals surface area contributed by atoms with E-state index in [2.05, 4.69) is 15.3 Å². The fraction of sp³-hybridized carbons (Fsp3) is 0.333. The maximum Gasteiger partial charge on any atom is 0.326 e. The van der Waals surface area contributed by atoms with E-state index < -0.39 is 17.9 Å². The van der Waals surface area contributed by atoms with Crippen LogP contribution in [0, 0.1) is 6.92 Å². The van der Waals surface area contributed by atoms with Gasteiger partial charge in [0.05, 0.1) is 11.3 Å². The highest BCUT2D eigenvalue weighted by molar-refractivity contribution is 5.97. The molecule has 24 heavy (non-hydrogen) atoms. The second kappa shape index (κ2) is 8.19. The quantitative estimate of drug-likeness (QED) is 0.816. The Labute approximate surface area is 141 Å². The Morgan fingerprint density at radius 2 is 1.96 bits per heavy atom. The number of hydrogen-bond acceptors (Lipinski definition) is 4. The molecule has 1 aromatic heterocycles. The molecule has 0 saturated carbocycles. The van der Waals surface area contributed by atoms with Gasteiger partial charge in [0.2, 0.25) is 0 Å². The molecule has 1 amide bonds. The predicted octanol–water partition coefficient (Wildman–Crippen LogP) is 2.83. The first kappa shape index (κ1) is 17.6. The Morgan fingerprint density at radius 1 is 1.25 bits per heavy atom. The molecule has 126 valence electrons. The molecule has 0 bridgehead atoms. The van der Waals surface area contributed by atoms with Crippen molar-refractivity contribution in [3.05, 3.63) is 47.8 Å². The van der Waals surface area contributed by atoms with Crippen molar-refractivity contribution < 1.29 is 14.7 Å². The molecule has 6 nitrogen and oxygen atoms in total. The smallest absolute Gasteiger partial charge is 0.326 e. The third-order valence-corrected chi connectivity index (χ3v) is 3.71.